The van der Waals surface area contributed by atoms with Gasteiger partial charge in [0.15, 0.2) is 0 Å². The third kappa shape index (κ3) is 5.04. The molecule has 1 fully saturated rings. The fraction of sp³-hybridized carbons (Fsp3) is 0.440. The molecule has 0 spiro atoms. The van der Waals surface area contributed by atoms with Gasteiger partial charge in [0.2, 0.25) is 5.91 Å². The zero-order valence-corrected chi connectivity index (χ0v) is 20.6. The Labute approximate surface area is 206 Å². The Kier molecular flexibility index (Phi) is 6.99. The van der Waals surface area contributed by atoms with E-state index >= 15 is 0 Å². The van der Waals surface area contributed by atoms with Crippen LogP contribution in [-0.4, -0.2) is 57.6 Å². The number of carbonyl (C=O) groups is 1. The Morgan fingerprint density at radius 3 is 2.82 bits per heavy atom. The van der Waals surface area contributed by atoms with E-state index in [4.69, 9.17) is 5.26 Å². The molecule has 1 N–H and O–H groups in total. The van der Waals surface area contributed by atoms with E-state index in [9.17, 15) is 9.59 Å². The van der Waals surface area contributed by atoms with Gasteiger partial charge >= 0.3 is 0 Å². The quantitative estimate of drug-likeness (QED) is 0.566. The van der Waals surface area contributed by atoms with Gasteiger partial charge in [-0.25, -0.2) is 4.98 Å². The predicted molar refractivity (Wildman–Crippen MR) is 136 cm³/mol. The molecular formula is C25H27N5O2S2. The first-order valence-electron chi connectivity index (χ1n) is 11.7. The lowest BCUT2D eigenvalue weighted by atomic mass is 10.1. The first-order chi connectivity index (χ1) is 16.6. The van der Waals surface area contributed by atoms with Gasteiger partial charge < -0.3 is 9.88 Å². The van der Waals surface area contributed by atoms with E-state index in [-0.39, 0.29) is 11.5 Å². The van der Waals surface area contributed by atoms with Gasteiger partial charge in [-0.2, -0.15) is 5.26 Å². The summed E-state index contributed by atoms with van der Waals surface area (Å²) in [4.78, 5) is 39.5. The highest BCUT2D eigenvalue weighted by atomic mass is 32.2. The van der Waals surface area contributed by atoms with Gasteiger partial charge in [0.1, 0.15) is 10.7 Å². The van der Waals surface area contributed by atoms with Crippen molar-refractivity contribution in [3.05, 3.63) is 62.0 Å². The minimum absolute atomic E-state index is 0.0406. The van der Waals surface area contributed by atoms with Crippen molar-refractivity contribution in [1.29, 1.82) is 5.26 Å². The number of thiophene rings is 1. The van der Waals surface area contributed by atoms with Crippen molar-refractivity contribution in [3.8, 4) is 6.07 Å². The molecular weight excluding hydrogens is 466 g/mol. The second-order valence-corrected chi connectivity index (χ2v) is 10.9. The summed E-state index contributed by atoms with van der Waals surface area (Å²) in [5, 5.41) is 9.73. The van der Waals surface area contributed by atoms with E-state index in [2.05, 4.69) is 20.9 Å². The van der Waals surface area contributed by atoms with Crippen molar-refractivity contribution in [3.63, 3.8) is 0 Å². The molecule has 34 heavy (non-hydrogen) atoms. The van der Waals surface area contributed by atoms with Crippen LogP contribution >= 0.6 is 23.1 Å². The number of fused-ring (bicyclic) bond motifs is 3. The van der Waals surface area contributed by atoms with Gasteiger partial charge in [0.25, 0.3) is 5.56 Å². The zero-order valence-electron chi connectivity index (χ0n) is 19.0. The van der Waals surface area contributed by atoms with Crippen LogP contribution in [0.25, 0.3) is 10.2 Å². The standard InChI is InChI=1S/C25H27N5O2S2/c26-13-17-5-7-18(8-6-17)14-29-9-2-10-30(12-11-29)22(31)16-33-15-21-27-24(32)23-19-3-1-4-20(19)34-25(23)28-21/h5-8H,1-4,9-12,14-16H2,(H,27,28,32). The number of amides is 1. The van der Waals surface area contributed by atoms with Crippen LogP contribution in [0.5, 0.6) is 0 Å². The van der Waals surface area contributed by atoms with Gasteiger partial charge in [-0.3, -0.25) is 14.5 Å². The number of hydrogen-bond donors (Lipinski definition) is 1. The summed E-state index contributed by atoms with van der Waals surface area (Å²) >= 11 is 3.16. The third-order valence-electron chi connectivity index (χ3n) is 6.52. The number of carbonyl (C=O) groups excluding carboxylic acids is 1. The number of rotatable bonds is 6. The number of H-pyrrole nitrogens is 1. The molecule has 1 saturated heterocycles. The minimum atomic E-state index is -0.0406. The monoisotopic (exact) mass is 493 g/mol. The number of aromatic amines is 1. The van der Waals surface area contributed by atoms with Gasteiger partial charge in [-0.15, -0.1) is 23.1 Å². The van der Waals surface area contributed by atoms with Crippen LogP contribution in [0, 0.1) is 11.3 Å². The number of aryl methyl sites for hydroxylation is 2. The fourth-order valence-electron chi connectivity index (χ4n) is 4.76. The Balaban J connectivity index is 1.12. The van der Waals surface area contributed by atoms with Crippen LogP contribution in [0.3, 0.4) is 0 Å². The number of benzene rings is 1. The molecule has 0 bridgehead atoms. The summed E-state index contributed by atoms with van der Waals surface area (Å²) in [5.74, 6) is 1.71. The maximum atomic E-state index is 12.8. The first-order valence-corrected chi connectivity index (χ1v) is 13.7. The van der Waals surface area contributed by atoms with E-state index in [1.54, 1.807) is 11.3 Å². The van der Waals surface area contributed by atoms with Crippen LogP contribution in [0.4, 0.5) is 0 Å². The highest BCUT2D eigenvalue weighted by Gasteiger charge is 2.22. The largest absolute Gasteiger partial charge is 0.341 e. The normalized spacial score (nSPS) is 16.4. The number of nitrogens with zero attached hydrogens (tertiary/aromatic N) is 4. The average molecular weight is 494 g/mol. The van der Waals surface area contributed by atoms with Gasteiger partial charge in [0, 0.05) is 37.6 Å². The molecule has 0 saturated carbocycles. The molecule has 0 atom stereocenters. The molecule has 3 heterocycles. The van der Waals surface area contributed by atoms with Crippen molar-refractivity contribution >= 4 is 39.2 Å². The van der Waals surface area contributed by atoms with E-state index in [1.165, 1.54) is 27.8 Å². The van der Waals surface area contributed by atoms with Gasteiger partial charge in [-0.05, 0) is 48.9 Å². The van der Waals surface area contributed by atoms with Crippen LogP contribution in [-0.2, 0) is 29.9 Å². The number of aromatic nitrogens is 2. The Hall–Kier alpha value is -2.67. The maximum Gasteiger partial charge on any atom is 0.259 e. The second-order valence-electron chi connectivity index (χ2n) is 8.86. The van der Waals surface area contributed by atoms with E-state index < -0.39 is 0 Å². The topological polar surface area (TPSA) is 93.1 Å². The SMILES string of the molecule is N#Cc1ccc(CN2CCCN(C(=O)CSCc3nc4sc5c(c4c(=O)[nH]3)CCC5)CC2)cc1. The highest BCUT2D eigenvalue weighted by molar-refractivity contribution is 7.99. The molecule has 1 aromatic carbocycles. The summed E-state index contributed by atoms with van der Waals surface area (Å²) in [7, 11) is 0. The van der Waals surface area contributed by atoms with E-state index in [0.717, 1.165) is 68.6 Å². The van der Waals surface area contributed by atoms with E-state index in [0.29, 0.717) is 22.9 Å². The number of hydrogen-bond acceptors (Lipinski definition) is 7. The highest BCUT2D eigenvalue weighted by Crippen LogP contribution is 2.34. The van der Waals surface area contributed by atoms with Crippen molar-refractivity contribution in [2.75, 3.05) is 31.9 Å². The lowest BCUT2D eigenvalue weighted by molar-refractivity contribution is -0.128. The van der Waals surface area contributed by atoms with E-state index in [1.807, 2.05) is 29.2 Å². The van der Waals surface area contributed by atoms with Crippen LogP contribution in [0.2, 0.25) is 0 Å². The van der Waals surface area contributed by atoms with Crippen molar-refractivity contribution in [2.45, 2.75) is 38.0 Å². The number of nitriles is 1. The molecule has 5 rings (SSSR count). The average Bonchev–Trinajstić information content (AvgIpc) is 3.34. The molecule has 2 aliphatic rings. The molecule has 7 nitrogen and oxygen atoms in total. The Bertz CT molecular complexity index is 1290. The molecule has 3 aromatic rings. The number of thioether (sulfide) groups is 1. The third-order valence-corrected chi connectivity index (χ3v) is 8.63. The Morgan fingerprint density at radius 2 is 2.00 bits per heavy atom. The lowest BCUT2D eigenvalue weighted by Gasteiger charge is -2.22. The summed E-state index contributed by atoms with van der Waals surface area (Å²) in [6.07, 6.45) is 4.10. The van der Waals surface area contributed by atoms with Gasteiger partial charge in [-0.1, -0.05) is 12.1 Å². The van der Waals surface area contributed by atoms with Crippen LogP contribution in [0.15, 0.2) is 29.1 Å². The Morgan fingerprint density at radius 1 is 1.15 bits per heavy atom. The van der Waals surface area contributed by atoms with Crippen LogP contribution in [0.1, 0.15) is 40.2 Å². The lowest BCUT2D eigenvalue weighted by Crippen LogP contribution is -2.36. The molecule has 2 aromatic heterocycles. The predicted octanol–water partition coefficient (Wildman–Crippen LogP) is 3.31. The summed E-state index contributed by atoms with van der Waals surface area (Å²) in [6.45, 7) is 4.11. The fourth-order valence-corrected chi connectivity index (χ4v) is 6.83. The summed E-state index contributed by atoms with van der Waals surface area (Å²) in [5.41, 5.74) is 3.01. The second kappa shape index (κ2) is 10.3. The molecule has 9 heteroatoms. The first kappa shape index (κ1) is 23.1. The maximum absolute atomic E-state index is 12.8. The molecule has 1 amide bonds. The molecule has 1 aliphatic carbocycles. The number of nitrogens with one attached hydrogen (secondary N) is 1. The van der Waals surface area contributed by atoms with Crippen molar-refractivity contribution in [1.82, 2.24) is 19.8 Å². The molecule has 0 unspecified atom stereocenters. The summed E-state index contributed by atoms with van der Waals surface area (Å²) in [6, 6.07) is 9.86. The minimum Gasteiger partial charge on any atom is -0.341 e. The molecule has 0 radical (unpaired) electrons. The zero-order chi connectivity index (χ0) is 23.5. The van der Waals surface area contributed by atoms with Crippen molar-refractivity contribution < 1.29 is 4.79 Å². The van der Waals surface area contributed by atoms with Crippen LogP contribution < -0.4 is 5.56 Å². The smallest absolute Gasteiger partial charge is 0.259 e. The van der Waals surface area contributed by atoms with Crippen molar-refractivity contribution in [2.24, 2.45) is 0 Å². The molecule has 176 valence electrons. The summed E-state index contributed by atoms with van der Waals surface area (Å²) < 4.78 is 0. The van der Waals surface area contributed by atoms with Gasteiger partial charge in [0.05, 0.1) is 28.5 Å². The molecule has 1 aliphatic heterocycles.